The number of fused-ring (bicyclic) bond motifs is 5. The number of carbonyl (C=O) groups excluding carboxylic acids is 4. The van der Waals surface area contributed by atoms with Crippen molar-refractivity contribution in [3.8, 4) is 0 Å². The van der Waals surface area contributed by atoms with Crippen LogP contribution in [-0.2, 0) is 23.9 Å². The van der Waals surface area contributed by atoms with E-state index >= 15 is 0 Å². The van der Waals surface area contributed by atoms with E-state index in [1.807, 2.05) is 0 Å². The highest BCUT2D eigenvalue weighted by Gasteiger charge is 2.66. The molecule has 5 heteroatoms. The number of hydrogen-bond donors (Lipinski definition) is 0. The number of ketones is 3. The molecule has 0 saturated heterocycles. The summed E-state index contributed by atoms with van der Waals surface area (Å²) in [5, 5.41) is 0. The average Bonchev–Trinajstić information content (AvgIpc) is 3.06. The summed E-state index contributed by atoms with van der Waals surface area (Å²) in [6.07, 6.45) is 5.87. The summed E-state index contributed by atoms with van der Waals surface area (Å²) in [7, 11) is 1.41. The lowest BCUT2D eigenvalue weighted by atomic mass is 9.44. The van der Waals surface area contributed by atoms with Gasteiger partial charge in [0, 0.05) is 43.4 Å². The third-order valence-electron chi connectivity index (χ3n) is 9.94. The van der Waals surface area contributed by atoms with Crippen LogP contribution in [0.4, 0.5) is 0 Å². The van der Waals surface area contributed by atoms with Crippen LogP contribution >= 0.6 is 0 Å². The summed E-state index contributed by atoms with van der Waals surface area (Å²) in [5.74, 6) is 1.41. The van der Waals surface area contributed by atoms with Gasteiger partial charge in [-0.2, -0.15) is 0 Å². The van der Waals surface area contributed by atoms with Crippen LogP contribution < -0.4 is 0 Å². The van der Waals surface area contributed by atoms with Crippen molar-refractivity contribution in [1.29, 1.82) is 0 Å². The second-order valence-corrected chi connectivity index (χ2v) is 11.0. The predicted octanol–water partition coefficient (Wildman–Crippen LogP) is 4.16. The molecule has 0 unspecified atom stereocenters. The quantitative estimate of drug-likeness (QED) is 0.643. The first kappa shape index (κ1) is 21.7. The van der Waals surface area contributed by atoms with Crippen LogP contribution in [0.5, 0.6) is 0 Å². The number of esters is 1. The Morgan fingerprint density at radius 1 is 1.10 bits per heavy atom. The Morgan fingerprint density at radius 2 is 1.83 bits per heavy atom. The minimum atomic E-state index is -0.472. The van der Waals surface area contributed by atoms with E-state index in [1.54, 1.807) is 0 Å². The molecule has 166 valence electrons. The van der Waals surface area contributed by atoms with Crippen molar-refractivity contribution < 1.29 is 23.9 Å². The van der Waals surface area contributed by atoms with E-state index in [1.165, 1.54) is 7.11 Å². The maximum atomic E-state index is 13.7. The molecular formula is C25H36O5. The molecule has 4 aliphatic rings. The molecule has 0 aliphatic heterocycles. The van der Waals surface area contributed by atoms with Gasteiger partial charge >= 0.3 is 5.97 Å². The van der Waals surface area contributed by atoms with Gasteiger partial charge in [-0.25, -0.2) is 0 Å². The molecule has 4 fully saturated rings. The number of methoxy groups -OCH3 is 1. The highest BCUT2D eigenvalue weighted by Crippen LogP contribution is 2.66. The fourth-order valence-corrected chi connectivity index (χ4v) is 8.04. The molecule has 0 radical (unpaired) electrons. The van der Waals surface area contributed by atoms with Gasteiger partial charge in [-0.1, -0.05) is 20.8 Å². The molecule has 30 heavy (non-hydrogen) atoms. The minimum absolute atomic E-state index is 0.0417. The number of carbonyl (C=O) groups is 4. The van der Waals surface area contributed by atoms with Gasteiger partial charge in [-0.05, 0) is 60.7 Å². The lowest BCUT2D eigenvalue weighted by Gasteiger charge is -2.58. The summed E-state index contributed by atoms with van der Waals surface area (Å²) in [4.78, 5) is 50.7. The maximum absolute atomic E-state index is 13.7. The zero-order chi connectivity index (χ0) is 21.8. The molecule has 0 N–H and O–H groups in total. The molecule has 0 amide bonds. The Morgan fingerprint density at radius 3 is 2.53 bits per heavy atom. The van der Waals surface area contributed by atoms with Crippen LogP contribution in [0.25, 0.3) is 0 Å². The van der Waals surface area contributed by atoms with Gasteiger partial charge < -0.3 is 4.74 Å². The van der Waals surface area contributed by atoms with Crippen LogP contribution in [0.15, 0.2) is 0 Å². The summed E-state index contributed by atoms with van der Waals surface area (Å²) in [6.45, 7) is 6.50. The molecule has 8 atom stereocenters. The maximum Gasteiger partial charge on any atom is 0.305 e. The van der Waals surface area contributed by atoms with Gasteiger partial charge in [0.25, 0.3) is 0 Å². The molecule has 0 aromatic rings. The predicted molar refractivity (Wildman–Crippen MR) is 111 cm³/mol. The van der Waals surface area contributed by atoms with Crippen molar-refractivity contribution >= 4 is 23.3 Å². The average molecular weight is 417 g/mol. The zero-order valence-electron chi connectivity index (χ0n) is 18.9. The highest BCUT2D eigenvalue weighted by molar-refractivity contribution is 5.93. The molecule has 5 nitrogen and oxygen atoms in total. The van der Waals surface area contributed by atoms with Gasteiger partial charge in [0.15, 0.2) is 0 Å². The molecule has 0 bridgehead atoms. The molecule has 4 aliphatic carbocycles. The van der Waals surface area contributed by atoms with Crippen LogP contribution in [0.3, 0.4) is 0 Å². The van der Waals surface area contributed by atoms with Gasteiger partial charge in [0.05, 0.1) is 7.11 Å². The Balaban J connectivity index is 1.60. The first-order valence-corrected chi connectivity index (χ1v) is 11.8. The monoisotopic (exact) mass is 416 g/mol. The van der Waals surface area contributed by atoms with Crippen molar-refractivity contribution in [2.45, 2.75) is 78.6 Å². The van der Waals surface area contributed by atoms with Crippen LogP contribution in [0.2, 0.25) is 0 Å². The Bertz CT molecular complexity index is 772. The minimum Gasteiger partial charge on any atom is -0.469 e. The number of Topliss-reactive ketones (excluding diaryl/α,β-unsaturated/α-hetero) is 3. The lowest BCUT2D eigenvalue weighted by Crippen LogP contribution is -2.60. The van der Waals surface area contributed by atoms with Gasteiger partial charge in [0.2, 0.25) is 0 Å². The third-order valence-corrected chi connectivity index (χ3v) is 9.94. The van der Waals surface area contributed by atoms with Crippen molar-refractivity contribution in [1.82, 2.24) is 0 Å². The van der Waals surface area contributed by atoms with Crippen molar-refractivity contribution in [2.24, 2.45) is 46.3 Å². The van der Waals surface area contributed by atoms with Crippen LogP contribution in [0, 0.1) is 46.3 Å². The molecule has 0 heterocycles. The van der Waals surface area contributed by atoms with E-state index in [0.29, 0.717) is 43.7 Å². The van der Waals surface area contributed by atoms with Crippen LogP contribution in [0.1, 0.15) is 78.6 Å². The summed E-state index contributed by atoms with van der Waals surface area (Å²) in [5.41, 5.74) is -0.544. The number of ether oxygens (including phenoxy) is 1. The number of rotatable bonds is 4. The first-order valence-electron chi connectivity index (χ1n) is 11.8. The third kappa shape index (κ3) is 3.10. The number of hydrogen-bond acceptors (Lipinski definition) is 5. The molecule has 4 rings (SSSR count). The second-order valence-electron chi connectivity index (χ2n) is 11.0. The van der Waals surface area contributed by atoms with Crippen molar-refractivity contribution in [3.05, 3.63) is 0 Å². The van der Waals surface area contributed by atoms with E-state index in [-0.39, 0.29) is 52.7 Å². The molecule has 0 aromatic heterocycles. The van der Waals surface area contributed by atoms with Gasteiger partial charge in [-0.3, -0.25) is 19.2 Å². The molecule has 0 spiro atoms. The fourth-order valence-electron chi connectivity index (χ4n) is 8.04. The highest BCUT2D eigenvalue weighted by atomic mass is 16.5. The Labute approximate surface area is 179 Å². The summed E-state index contributed by atoms with van der Waals surface area (Å²) < 4.78 is 4.80. The van der Waals surface area contributed by atoms with Gasteiger partial charge in [-0.15, -0.1) is 0 Å². The summed E-state index contributed by atoms with van der Waals surface area (Å²) >= 11 is 0. The molecular weight excluding hydrogens is 380 g/mol. The largest absolute Gasteiger partial charge is 0.469 e. The Hall–Kier alpha value is -1.52. The fraction of sp³-hybridized carbons (Fsp3) is 0.840. The SMILES string of the molecule is COC(=O)CC[C@H](C)[C@@H]1CC[C@@H]2[C@H]3C(=O)C[C@H]4CC(=O)CC[C@]4(C)[C@@H]3CC(=O)[C@]21C. The van der Waals surface area contributed by atoms with Crippen LogP contribution in [-0.4, -0.2) is 30.4 Å². The van der Waals surface area contributed by atoms with Gasteiger partial charge in [0.1, 0.15) is 17.3 Å². The second kappa shape index (κ2) is 7.56. The van der Waals surface area contributed by atoms with Crippen molar-refractivity contribution in [3.63, 3.8) is 0 Å². The summed E-state index contributed by atoms with van der Waals surface area (Å²) in [6, 6.07) is 0. The van der Waals surface area contributed by atoms with E-state index in [9.17, 15) is 19.2 Å². The topological polar surface area (TPSA) is 77.5 Å². The standard InChI is InChI=1S/C25H36O5/c1-14(5-8-22(29)30-4)17-6-7-18-23-19(13-21(28)25(17,18)3)24(2)10-9-16(26)11-15(24)12-20(23)27/h14-15,17-19,23H,5-13H2,1-4H3/t14-,15+,17-,18+,19+,23+,24-,25-/m0/s1. The smallest absolute Gasteiger partial charge is 0.305 e. The Kier molecular flexibility index (Phi) is 5.47. The normalized spacial score (nSPS) is 44.1. The lowest BCUT2D eigenvalue weighted by molar-refractivity contribution is -0.166. The van der Waals surface area contributed by atoms with E-state index in [0.717, 1.165) is 25.7 Å². The zero-order valence-corrected chi connectivity index (χ0v) is 18.9. The van der Waals surface area contributed by atoms with E-state index in [2.05, 4.69) is 20.8 Å². The molecule has 4 saturated carbocycles. The van der Waals surface area contributed by atoms with Crippen molar-refractivity contribution in [2.75, 3.05) is 7.11 Å². The van der Waals surface area contributed by atoms with E-state index in [4.69, 9.17) is 4.74 Å². The first-order chi connectivity index (χ1) is 14.1. The van der Waals surface area contributed by atoms with E-state index < -0.39 is 5.41 Å². The molecule has 0 aromatic carbocycles.